The summed E-state index contributed by atoms with van der Waals surface area (Å²) in [4.78, 5) is 3.76. The van der Waals surface area contributed by atoms with Gasteiger partial charge in [-0.3, -0.25) is 0 Å². The zero-order chi connectivity index (χ0) is 19.3. The van der Waals surface area contributed by atoms with Crippen LogP contribution in [0.2, 0.25) is 5.02 Å². The topological polar surface area (TPSA) is 63.6 Å². The number of aromatic nitrogens is 1. The maximum atomic E-state index is 12.7. The Bertz CT molecular complexity index is 757. The molecule has 1 heterocycles. The molecule has 0 aliphatic carbocycles. The third-order valence-corrected chi connectivity index (χ3v) is 3.85. The van der Waals surface area contributed by atoms with Crippen molar-refractivity contribution >= 4 is 17.4 Å². The van der Waals surface area contributed by atoms with Crippen molar-refractivity contribution in [1.82, 2.24) is 4.98 Å². The molecule has 2 rings (SSSR count). The highest BCUT2D eigenvalue weighted by Crippen LogP contribution is 2.34. The summed E-state index contributed by atoms with van der Waals surface area (Å²) in [6.45, 7) is 1.81. The van der Waals surface area contributed by atoms with Gasteiger partial charge in [-0.15, -0.1) is 0 Å². The van der Waals surface area contributed by atoms with Crippen LogP contribution in [0.25, 0.3) is 0 Å². The normalized spacial score (nSPS) is 12.6. The van der Waals surface area contributed by atoms with Gasteiger partial charge in [-0.1, -0.05) is 17.7 Å². The second-order valence-electron chi connectivity index (χ2n) is 5.40. The van der Waals surface area contributed by atoms with Crippen molar-refractivity contribution in [2.45, 2.75) is 19.1 Å². The number of alkyl halides is 3. The number of hydrogen-bond acceptors (Lipinski definition) is 5. The summed E-state index contributed by atoms with van der Waals surface area (Å²) in [5.41, 5.74) is -0.122. The summed E-state index contributed by atoms with van der Waals surface area (Å²) in [7, 11) is 1.48. The van der Waals surface area contributed by atoms with Crippen molar-refractivity contribution in [3.8, 4) is 11.5 Å². The van der Waals surface area contributed by atoms with Gasteiger partial charge in [0.2, 0.25) is 0 Å². The van der Waals surface area contributed by atoms with Crippen molar-refractivity contribution < 1.29 is 27.8 Å². The summed E-state index contributed by atoms with van der Waals surface area (Å²) < 4.78 is 48.6. The lowest BCUT2D eigenvalue weighted by molar-refractivity contribution is -0.137. The van der Waals surface area contributed by atoms with Gasteiger partial charge in [0.05, 0.1) is 30.3 Å². The minimum absolute atomic E-state index is 0.124. The summed E-state index contributed by atoms with van der Waals surface area (Å²) >= 11 is 5.91. The average molecular weight is 391 g/mol. The van der Waals surface area contributed by atoms with Crippen LogP contribution >= 0.6 is 11.6 Å². The third kappa shape index (κ3) is 4.92. The molecule has 2 aromatic rings. The number of pyridine rings is 1. The molecule has 26 heavy (non-hydrogen) atoms. The van der Waals surface area contributed by atoms with Crippen molar-refractivity contribution in [1.29, 1.82) is 0 Å². The number of nitrogens with zero attached hydrogens (tertiary/aromatic N) is 1. The molecule has 142 valence electrons. The fourth-order valence-corrected chi connectivity index (χ4v) is 2.44. The fraction of sp³-hybridized carbons (Fsp3) is 0.353. The monoisotopic (exact) mass is 390 g/mol. The number of anilines is 1. The van der Waals surface area contributed by atoms with E-state index in [1.807, 2.05) is 0 Å². The molecule has 0 radical (unpaired) electrons. The van der Waals surface area contributed by atoms with Crippen LogP contribution in [0, 0.1) is 0 Å². The van der Waals surface area contributed by atoms with E-state index in [4.69, 9.17) is 26.2 Å². The molecule has 1 aromatic carbocycles. The highest BCUT2D eigenvalue weighted by molar-refractivity contribution is 6.33. The number of halogens is 4. The molecule has 0 unspecified atom stereocenters. The van der Waals surface area contributed by atoms with Gasteiger partial charge in [-0.05, 0) is 30.7 Å². The first-order valence-electron chi connectivity index (χ1n) is 7.67. The standard InChI is InChI=1S/C17H18ClF3N2O3/c1-10(11-3-4-14(26-6-5-24)15(7-11)25-2)23-16-13(18)8-12(9-22-16)17(19,20)21/h3-4,7-10,24H,5-6H2,1-2H3,(H,22,23)/t10-/m0/s1. The molecular weight excluding hydrogens is 373 g/mol. The summed E-state index contributed by atoms with van der Waals surface area (Å²) in [6.07, 6.45) is -3.77. The van der Waals surface area contributed by atoms with Crippen LogP contribution in [-0.2, 0) is 6.18 Å². The first-order chi connectivity index (χ1) is 12.3. The number of aliphatic hydroxyl groups excluding tert-OH is 1. The Morgan fingerprint density at radius 3 is 2.58 bits per heavy atom. The minimum Gasteiger partial charge on any atom is -0.493 e. The van der Waals surface area contributed by atoms with Crippen molar-refractivity contribution in [2.75, 3.05) is 25.6 Å². The Hall–Kier alpha value is -2.19. The van der Waals surface area contributed by atoms with E-state index >= 15 is 0 Å². The SMILES string of the molecule is COc1cc([C@H](C)Nc2ncc(C(F)(F)F)cc2Cl)ccc1OCCO. The second-order valence-corrected chi connectivity index (χ2v) is 5.81. The molecule has 0 saturated carbocycles. The Kier molecular flexibility index (Phi) is 6.55. The number of ether oxygens (including phenoxy) is 2. The lowest BCUT2D eigenvalue weighted by atomic mass is 10.1. The van der Waals surface area contributed by atoms with E-state index in [1.54, 1.807) is 25.1 Å². The van der Waals surface area contributed by atoms with E-state index in [9.17, 15) is 13.2 Å². The van der Waals surface area contributed by atoms with E-state index < -0.39 is 11.7 Å². The smallest absolute Gasteiger partial charge is 0.417 e. The molecule has 1 atom stereocenters. The molecule has 0 saturated heterocycles. The van der Waals surface area contributed by atoms with Gasteiger partial charge in [0, 0.05) is 6.20 Å². The van der Waals surface area contributed by atoms with Crippen LogP contribution < -0.4 is 14.8 Å². The largest absolute Gasteiger partial charge is 0.493 e. The molecule has 0 spiro atoms. The molecule has 5 nitrogen and oxygen atoms in total. The van der Waals surface area contributed by atoms with Crippen LogP contribution in [0.3, 0.4) is 0 Å². The summed E-state index contributed by atoms with van der Waals surface area (Å²) in [5.74, 6) is 1.09. The van der Waals surface area contributed by atoms with E-state index in [-0.39, 0.29) is 30.1 Å². The van der Waals surface area contributed by atoms with E-state index in [1.165, 1.54) is 7.11 Å². The Morgan fingerprint density at radius 1 is 1.27 bits per heavy atom. The fourth-order valence-electron chi connectivity index (χ4n) is 2.22. The first kappa shape index (κ1) is 20.1. The highest BCUT2D eigenvalue weighted by atomic mass is 35.5. The van der Waals surface area contributed by atoms with Crippen molar-refractivity contribution in [3.05, 3.63) is 46.6 Å². The highest BCUT2D eigenvalue weighted by Gasteiger charge is 2.31. The predicted molar refractivity (Wildman–Crippen MR) is 91.9 cm³/mol. The molecule has 1 aromatic heterocycles. The second kappa shape index (κ2) is 8.46. The van der Waals surface area contributed by atoms with Crippen LogP contribution in [-0.4, -0.2) is 30.4 Å². The van der Waals surface area contributed by atoms with Crippen LogP contribution in [0.5, 0.6) is 11.5 Å². The number of hydrogen-bond donors (Lipinski definition) is 2. The number of methoxy groups -OCH3 is 1. The Balaban J connectivity index is 2.18. The summed E-state index contributed by atoms with van der Waals surface area (Å²) in [5, 5.41) is 11.7. The third-order valence-electron chi connectivity index (χ3n) is 3.56. The van der Waals surface area contributed by atoms with Crippen LogP contribution in [0.1, 0.15) is 24.1 Å². The number of aliphatic hydroxyl groups is 1. The average Bonchev–Trinajstić information content (AvgIpc) is 2.60. The minimum atomic E-state index is -4.50. The van der Waals surface area contributed by atoms with Gasteiger partial charge in [-0.25, -0.2) is 4.98 Å². The maximum Gasteiger partial charge on any atom is 0.417 e. The van der Waals surface area contributed by atoms with Gasteiger partial charge in [0.15, 0.2) is 11.5 Å². The molecule has 2 N–H and O–H groups in total. The maximum absolute atomic E-state index is 12.7. The molecular formula is C17H18ClF3N2O3. The summed E-state index contributed by atoms with van der Waals surface area (Å²) in [6, 6.07) is 5.70. The predicted octanol–water partition coefficient (Wildman–Crippen LogP) is 4.31. The van der Waals surface area contributed by atoms with E-state index in [0.29, 0.717) is 11.5 Å². The number of rotatable bonds is 7. The molecule has 0 bridgehead atoms. The zero-order valence-corrected chi connectivity index (χ0v) is 14.9. The number of nitrogens with one attached hydrogen (secondary N) is 1. The van der Waals surface area contributed by atoms with Gasteiger partial charge >= 0.3 is 6.18 Å². The van der Waals surface area contributed by atoms with E-state index in [2.05, 4.69) is 10.3 Å². The van der Waals surface area contributed by atoms with Gasteiger partial charge in [-0.2, -0.15) is 13.2 Å². The molecule has 0 aliphatic heterocycles. The van der Waals surface area contributed by atoms with Gasteiger partial charge in [0.1, 0.15) is 12.4 Å². The quantitative estimate of drug-likeness (QED) is 0.737. The van der Waals surface area contributed by atoms with Gasteiger partial charge < -0.3 is 19.9 Å². The Labute approximate surface area is 153 Å². The lowest BCUT2D eigenvalue weighted by Gasteiger charge is -2.18. The Morgan fingerprint density at radius 2 is 2.00 bits per heavy atom. The molecule has 0 fully saturated rings. The first-order valence-corrected chi connectivity index (χ1v) is 8.05. The molecule has 0 amide bonds. The van der Waals surface area contributed by atoms with Crippen LogP contribution in [0.15, 0.2) is 30.5 Å². The molecule has 9 heteroatoms. The van der Waals surface area contributed by atoms with Crippen LogP contribution in [0.4, 0.5) is 19.0 Å². The number of benzene rings is 1. The van der Waals surface area contributed by atoms with Crippen molar-refractivity contribution in [3.63, 3.8) is 0 Å². The zero-order valence-electron chi connectivity index (χ0n) is 14.1. The van der Waals surface area contributed by atoms with Gasteiger partial charge in [0.25, 0.3) is 0 Å². The lowest BCUT2D eigenvalue weighted by Crippen LogP contribution is -2.11. The van der Waals surface area contributed by atoms with Crippen molar-refractivity contribution in [2.24, 2.45) is 0 Å². The molecule has 0 aliphatic rings. The van der Waals surface area contributed by atoms with E-state index in [0.717, 1.165) is 17.8 Å².